The maximum absolute atomic E-state index is 14.0. The molecular formula is C16H19FN2O4. The van der Waals surface area contributed by atoms with Crippen molar-refractivity contribution in [3.8, 4) is 0 Å². The van der Waals surface area contributed by atoms with Gasteiger partial charge >= 0.3 is 5.97 Å². The third-order valence-electron chi connectivity index (χ3n) is 4.10. The maximum Gasteiger partial charge on any atom is 0.326 e. The van der Waals surface area contributed by atoms with Gasteiger partial charge in [0.25, 0.3) is 5.91 Å². The molecule has 23 heavy (non-hydrogen) atoms. The Morgan fingerprint density at radius 1 is 1.30 bits per heavy atom. The summed E-state index contributed by atoms with van der Waals surface area (Å²) < 4.78 is 14.0. The van der Waals surface area contributed by atoms with E-state index in [0.717, 1.165) is 4.90 Å². The average Bonchev–Trinajstić information content (AvgIpc) is 2.52. The summed E-state index contributed by atoms with van der Waals surface area (Å²) in [7, 11) is 1.48. The van der Waals surface area contributed by atoms with Crippen molar-refractivity contribution in [2.75, 3.05) is 13.6 Å². The SMILES string of the molecule is CNC(=O)[C@H]1CC[C@@H](C(=O)O)N(C(=O)c2ccc(C)cc2F)C1. The molecule has 1 heterocycles. The molecule has 0 saturated carbocycles. The van der Waals surface area contributed by atoms with Crippen LogP contribution in [0.15, 0.2) is 18.2 Å². The first-order chi connectivity index (χ1) is 10.8. The summed E-state index contributed by atoms with van der Waals surface area (Å²) in [6.07, 6.45) is 0.531. The molecule has 1 aliphatic heterocycles. The summed E-state index contributed by atoms with van der Waals surface area (Å²) in [6.45, 7) is 1.66. The van der Waals surface area contributed by atoms with Crippen LogP contribution in [0, 0.1) is 18.7 Å². The number of carbonyl (C=O) groups excluding carboxylic acids is 2. The van der Waals surface area contributed by atoms with Gasteiger partial charge in [-0.1, -0.05) is 6.07 Å². The largest absolute Gasteiger partial charge is 0.480 e. The topological polar surface area (TPSA) is 86.7 Å². The zero-order valence-electron chi connectivity index (χ0n) is 13.0. The molecule has 0 bridgehead atoms. The molecule has 2 rings (SSSR count). The third kappa shape index (κ3) is 3.49. The summed E-state index contributed by atoms with van der Waals surface area (Å²) in [5.74, 6) is -3.30. The lowest BCUT2D eigenvalue weighted by Crippen LogP contribution is -2.53. The Bertz CT molecular complexity index is 647. The van der Waals surface area contributed by atoms with Crippen LogP contribution in [0.1, 0.15) is 28.8 Å². The number of nitrogens with zero attached hydrogens (tertiary/aromatic N) is 1. The quantitative estimate of drug-likeness (QED) is 0.875. The zero-order chi connectivity index (χ0) is 17.1. The van der Waals surface area contributed by atoms with Crippen LogP contribution in [0.5, 0.6) is 0 Å². The van der Waals surface area contributed by atoms with Crippen molar-refractivity contribution >= 4 is 17.8 Å². The minimum atomic E-state index is -1.15. The molecule has 1 saturated heterocycles. The molecule has 124 valence electrons. The lowest BCUT2D eigenvalue weighted by Gasteiger charge is -2.36. The van der Waals surface area contributed by atoms with Gasteiger partial charge in [0.1, 0.15) is 11.9 Å². The number of carboxylic acids is 1. The Hall–Kier alpha value is -2.44. The summed E-state index contributed by atoms with van der Waals surface area (Å²) in [4.78, 5) is 36.9. The van der Waals surface area contributed by atoms with Crippen molar-refractivity contribution in [1.29, 1.82) is 0 Å². The fraction of sp³-hybridized carbons (Fsp3) is 0.438. The Labute approximate surface area is 133 Å². The number of halogens is 1. The van der Waals surface area contributed by atoms with Crippen molar-refractivity contribution in [3.05, 3.63) is 35.1 Å². The minimum Gasteiger partial charge on any atom is -0.480 e. The summed E-state index contributed by atoms with van der Waals surface area (Å²) in [6, 6.07) is 3.11. The highest BCUT2D eigenvalue weighted by Gasteiger charge is 2.39. The molecule has 1 aromatic carbocycles. The van der Waals surface area contributed by atoms with Crippen molar-refractivity contribution in [2.45, 2.75) is 25.8 Å². The number of likely N-dealkylation sites (tertiary alicyclic amines) is 1. The highest BCUT2D eigenvalue weighted by atomic mass is 19.1. The van der Waals surface area contributed by atoms with Gasteiger partial charge in [0.15, 0.2) is 0 Å². The van der Waals surface area contributed by atoms with Crippen LogP contribution in [0.2, 0.25) is 0 Å². The number of benzene rings is 1. The number of aryl methyl sites for hydroxylation is 1. The van der Waals surface area contributed by atoms with Gasteiger partial charge in [-0.25, -0.2) is 9.18 Å². The molecule has 2 atom stereocenters. The first-order valence-electron chi connectivity index (χ1n) is 7.36. The summed E-state index contributed by atoms with van der Waals surface area (Å²) in [5, 5.41) is 11.8. The molecule has 2 amide bonds. The lowest BCUT2D eigenvalue weighted by molar-refractivity contribution is -0.145. The van der Waals surface area contributed by atoms with Crippen molar-refractivity contribution < 1.29 is 23.9 Å². The lowest BCUT2D eigenvalue weighted by atomic mass is 9.91. The molecule has 0 aliphatic carbocycles. The van der Waals surface area contributed by atoms with Crippen LogP contribution in [0.4, 0.5) is 4.39 Å². The molecule has 2 N–H and O–H groups in total. The fourth-order valence-corrected chi connectivity index (χ4v) is 2.82. The normalized spacial score (nSPS) is 20.9. The molecule has 0 radical (unpaired) electrons. The van der Waals surface area contributed by atoms with Crippen LogP contribution < -0.4 is 5.32 Å². The van der Waals surface area contributed by atoms with Gasteiger partial charge in [0.2, 0.25) is 5.91 Å². The second kappa shape index (κ2) is 6.76. The number of rotatable bonds is 3. The molecule has 1 aromatic rings. The van der Waals surface area contributed by atoms with Crippen LogP contribution in [0.25, 0.3) is 0 Å². The molecular weight excluding hydrogens is 303 g/mol. The molecule has 0 unspecified atom stereocenters. The van der Waals surface area contributed by atoms with Crippen LogP contribution in [-0.2, 0) is 9.59 Å². The Balaban J connectivity index is 2.31. The molecule has 0 spiro atoms. The highest BCUT2D eigenvalue weighted by molar-refractivity contribution is 5.97. The Kier molecular flexibility index (Phi) is 4.98. The van der Waals surface area contributed by atoms with E-state index in [1.807, 2.05) is 0 Å². The van der Waals surface area contributed by atoms with Crippen LogP contribution >= 0.6 is 0 Å². The van der Waals surface area contributed by atoms with Gasteiger partial charge in [0, 0.05) is 13.6 Å². The van der Waals surface area contributed by atoms with E-state index in [1.54, 1.807) is 13.0 Å². The van der Waals surface area contributed by atoms with E-state index in [2.05, 4.69) is 5.32 Å². The third-order valence-corrected chi connectivity index (χ3v) is 4.10. The standard InChI is InChI=1S/C16H19FN2O4/c1-9-3-5-11(12(17)7-9)15(21)19-8-10(14(20)18-2)4-6-13(19)16(22)23/h3,5,7,10,13H,4,6,8H2,1-2H3,(H,18,20)(H,22,23)/t10-,13-/m0/s1. The fourth-order valence-electron chi connectivity index (χ4n) is 2.82. The molecule has 6 nitrogen and oxygen atoms in total. The second-order valence-electron chi connectivity index (χ2n) is 5.68. The molecule has 7 heteroatoms. The van der Waals surface area contributed by atoms with Crippen LogP contribution in [0.3, 0.4) is 0 Å². The van der Waals surface area contributed by atoms with Gasteiger partial charge in [-0.3, -0.25) is 9.59 Å². The number of hydrogen-bond donors (Lipinski definition) is 2. The number of carbonyl (C=O) groups is 3. The van der Waals surface area contributed by atoms with Gasteiger partial charge in [-0.15, -0.1) is 0 Å². The highest BCUT2D eigenvalue weighted by Crippen LogP contribution is 2.25. The zero-order valence-corrected chi connectivity index (χ0v) is 13.0. The number of piperidine rings is 1. The maximum atomic E-state index is 14.0. The van der Waals surface area contributed by atoms with E-state index in [4.69, 9.17) is 0 Å². The predicted molar refractivity (Wildman–Crippen MR) is 80.4 cm³/mol. The van der Waals surface area contributed by atoms with Crippen LogP contribution in [-0.4, -0.2) is 47.4 Å². The van der Waals surface area contributed by atoms with Crippen molar-refractivity contribution in [2.24, 2.45) is 5.92 Å². The van der Waals surface area contributed by atoms with Crippen molar-refractivity contribution in [1.82, 2.24) is 10.2 Å². The van der Waals surface area contributed by atoms with Gasteiger partial charge in [-0.05, 0) is 37.5 Å². The monoisotopic (exact) mass is 322 g/mol. The summed E-state index contributed by atoms with van der Waals surface area (Å²) >= 11 is 0. The van der Waals surface area contributed by atoms with E-state index in [1.165, 1.54) is 19.2 Å². The first kappa shape index (κ1) is 16.9. The Morgan fingerprint density at radius 3 is 2.57 bits per heavy atom. The number of carboxylic acid groups (broad SMARTS) is 1. The molecule has 0 aromatic heterocycles. The first-order valence-corrected chi connectivity index (χ1v) is 7.36. The average molecular weight is 322 g/mol. The van der Waals surface area contributed by atoms with E-state index in [9.17, 15) is 23.9 Å². The van der Waals surface area contributed by atoms with E-state index >= 15 is 0 Å². The Morgan fingerprint density at radius 2 is 2.00 bits per heavy atom. The number of nitrogens with one attached hydrogen (secondary N) is 1. The van der Waals surface area contributed by atoms with E-state index < -0.39 is 29.7 Å². The van der Waals surface area contributed by atoms with Gasteiger partial charge in [0.05, 0.1) is 11.5 Å². The minimum absolute atomic E-state index is 0.0389. The molecule has 1 fully saturated rings. The molecule has 1 aliphatic rings. The van der Waals surface area contributed by atoms with E-state index in [0.29, 0.717) is 12.0 Å². The van der Waals surface area contributed by atoms with E-state index in [-0.39, 0.29) is 24.4 Å². The second-order valence-corrected chi connectivity index (χ2v) is 5.68. The smallest absolute Gasteiger partial charge is 0.326 e. The van der Waals surface area contributed by atoms with Gasteiger partial charge < -0.3 is 15.3 Å². The van der Waals surface area contributed by atoms with Gasteiger partial charge in [-0.2, -0.15) is 0 Å². The summed E-state index contributed by atoms with van der Waals surface area (Å²) in [5.41, 5.74) is 0.482. The number of amides is 2. The number of hydrogen-bond acceptors (Lipinski definition) is 3. The van der Waals surface area contributed by atoms with Crippen molar-refractivity contribution in [3.63, 3.8) is 0 Å². The number of aliphatic carboxylic acids is 1. The predicted octanol–water partition coefficient (Wildman–Crippen LogP) is 1.19.